The van der Waals surface area contributed by atoms with Gasteiger partial charge < -0.3 is 15.3 Å². The molecule has 0 saturated heterocycles. The van der Waals surface area contributed by atoms with Crippen LogP contribution in [0.1, 0.15) is 36.0 Å². The van der Waals surface area contributed by atoms with E-state index in [1.165, 1.54) is 0 Å². The van der Waals surface area contributed by atoms with E-state index in [2.05, 4.69) is 30.9 Å². The van der Waals surface area contributed by atoms with Crippen LogP contribution in [-0.4, -0.2) is 24.7 Å². The van der Waals surface area contributed by atoms with Crippen molar-refractivity contribution in [1.82, 2.24) is 24.7 Å². The smallest absolute Gasteiger partial charge is 0.151 e. The Morgan fingerprint density at radius 2 is 2.10 bits per heavy atom. The summed E-state index contributed by atoms with van der Waals surface area (Å²) in [6, 6.07) is 0. The van der Waals surface area contributed by atoms with E-state index in [4.69, 9.17) is 5.84 Å². The minimum Gasteiger partial charge on any atom is -0.362 e. The van der Waals surface area contributed by atoms with Gasteiger partial charge in [0.15, 0.2) is 5.82 Å². The number of nitrogens with zero attached hydrogens (tertiary/aromatic N) is 5. The lowest BCUT2D eigenvalue weighted by Crippen LogP contribution is -2.15. The van der Waals surface area contributed by atoms with Crippen molar-refractivity contribution < 1.29 is 0 Å². The van der Waals surface area contributed by atoms with E-state index in [0.29, 0.717) is 18.3 Å². The summed E-state index contributed by atoms with van der Waals surface area (Å²) in [5, 5.41) is 11.2. The molecule has 2 aromatic rings. The molecule has 8 nitrogen and oxygen atoms in total. The van der Waals surface area contributed by atoms with Crippen LogP contribution in [0.15, 0.2) is 6.33 Å². The zero-order valence-electron chi connectivity index (χ0n) is 11.6. The number of nitrogens with one attached hydrogen (secondary N) is 2. The SMILES string of the molecule is Cc1c(NN)nc(C2CC2)nc1NCc1nncn1C. The Morgan fingerprint density at radius 3 is 2.70 bits per heavy atom. The molecule has 8 heteroatoms. The Morgan fingerprint density at radius 1 is 1.35 bits per heavy atom. The number of hydrazine groups is 1. The van der Waals surface area contributed by atoms with Gasteiger partial charge in [0.1, 0.15) is 23.8 Å². The lowest BCUT2D eigenvalue weighted by atomic mass is 10.3. The summed E-state index contributed by atoms with van der Waals surface area (Å²) >= 11 is 0. The highest BCUT2D eigenvalue weighted by Crippen LogP contribution is 2.39. The van der Waals surface area contributed by atoms with Gasteiger partial charge in [0.2, 0.25) is 0 Å². The Kier molecular flexibility index (Phi) is 3.23. The molecule has 0 amide bonds. The monoisotopic (exact) mass is 274 g/mol. The predicted molar refractivity (Wildman–Crippen MR) is 74.9 cm³/mol. The zero-order valence-corrected chi connectivity index (χ0v) is 11.6. The molecule has 0 bridgehead atoms. The van der Waals surface area contributed by atoms with Gasteiger partial charge in [-0.3, -0.25) is 0 Å². The molecule has 0 unspecified atom stereocenters. The van der Waals surface area contributed by atoms with Crippen LogP contribution in [-0.2, 0) is 13.6 Å². The molecule has 106 valence electrons. The van der Waals surface area contributed by atoms with Crippen LogP contribution in [0.25, 0.3) is 0 Å². The maximum atomic E-state index is 5.53. The van der Waals surface area contributed by atoms with Crippen molar-refractivity contribution in [2.45, 2.75) is 32.2 Å². The van der Waals surface area contributed by atoms with Crippen LogP contribution in [0.3, 0.4) is 0 Å². The number of anilines is 2. The molecule has 1 saturated carbocycles. The maximum Gasteiger partial charge on any atom is 0.151 e. The van der Waals surface area contributed by atoms with E-state index in [-0.39, 0.29) is 0 Å². The van der Waals surface area contributed by atoms with Crippen LogP contribution < -0.4 is 16.6 Å². The van der Waals surface area contributed by atoms with Gasteiger partial charge >= 0.3 is 0 Å². The van der Waals surface area contributed by atoms with Gasteiger partial charge in [-0.1, -0.05) is 0 Å². The second kappa shape index (κ2) is 5.04. The van der Waals surface area contributed by atoms with Crippen LogP contribution in [0.4, 0.5) is 11.6 Å². The fourth-order valence-electron chi connectivity index (χ4n) is 2.00. The van der Waals surface area contributed by atoms with Crippen molar-refractivity contribution in [3.05, 3.63) is 23.5 Å². The van der Waals surface area contributed by atoms with Gasteiger partial charge in [0, 0.05) is 18.5 Å². The van der Waals surface area contributed by atoms with E-state index in [9.17, 15) is 0 Å². The third-order valence-corrected chi connectivity index (χ3v) is 3.46. The van der Waals surface area contributed by atoms with Crippen molar-refractivity contribution in [2.24, 2.45) is 12.9 Å². The molecular formula is C12H18N8. The van der Waals surface area contributed by atoms with Crippen molar-refractivity contribution >= 4 is 11.6 Å². The molecule has 0 aliphatic heterocycles. The normalized spacial score (nSPS) is 14.3. The van der Waals surface area contributed by atoms with E-state index < -0.39 is 0 Å². The molecule has 1 aliphatic rings. The average molecular weight is 274 g/mol. The molecule has 2 heterocycles. The number of nitrogens with two attached hydrogens (primary N) is 1. The number of aromatic nitrogens is 5. The highest BCUT2D eigenvalue weighted by atomic mass is 15.3. The van der Waals surface area contributed by atoms with Gasteiger partial charge in [-0.15, -0.1) is 10.2 Å². The molecular weight excluding hydrogens is 256 g/mol. The van der Waals surface area contributed by atoms with Crippen LogP contribution >= 0.6 is 0 Å². The van der Waals surface area contributed by atoms with Crippen molar-refractivity contribution in [2.75, 3.05) is 10.7 Å². The lowest BCUT2D eigenvalue weighted by molar-refractivity contribution is 0.806. The molecule has 0 spiro atoms. The van der Waals surface area contributed by atoms with E-state index >= 15 is 0 Å². The first-order valence-electron chi connectivity index (χ1n) is 6.61. The van der Waals surface area contributed by atoms with Gasteiger partial charge in [0.05, 0.1) is 6.54 Å². The quantitative estimate of drug-likeness (QED) is 0.544. The van der Waals surface area contributed by atoms with Gasteiger partial charge in [0.25, 0.3) is 0 Å². The average Bonchev–Trinajstić information content (AvgIpc) is 3.21. The highest BCUT2D eigenvalue weighted by Gasteiger charge is 2.28. The summed E-state index contributed by atoms with van der Waals surface area (Å²) in [7, 11) is 1.91. The van der Waals surface area contributed by atoms with Crippen LogP contribution in [0, 0.1) is 6.92 Å². The van der Waals surface area contributed by atoms with Crippen molar-refractivity contribution in [1.29, 1.82) is 0 Å². The maximum absolute atomic E-state index is 5.53. The molecule has 1 aliphatic carbocycles. The summed E-state index contributed by atoms with van der Waals surface area (Å²) < 4.78 is 1.87. The Hall–Kier alpha value is -2.22. The number of rotatable bonds is 5. The standard InChI is InChI=1S/C12H18N8/c1-7-10(14-5-9-19-15-6-20(9)2)16-12(8-3-4-8)17-11(7)18-13/h6,8H,3-5,13H2,1-2H3,(H2,14,16,17,18). The molecule has 20 heavy (non-hydrogen) atoms. The summed E-state index contributed by atoms with van der Waals surface area (Å²) in [6.45, 7) is 2.49. The molecule has 3 rings (SSSR count). The van der Waals surface area contributed by atoms with Crippen LogP contribution in [0.5, 0.6) is 0 Å². The predicted octanol–water partition coefficient (Wildman–Crippen LogP) is 0.689. The minimum atomic E-state index is 0.470. The molecule has 2 aromatic heterocycles. The zero-order chi connectivity index (χ0) is 14.1. The summed E-state index contributed by atoms with van der Waals surface area (Å²) in [4.78, 5) is 9.05. The summed E-state index contributed by atoms with van der Waals surface area (Å²) in [6.07, 6.45) is 3.97. The molecule has 4 N–H and O–H groups in total. The van der Waals surface area contributed by atoms with Crippen LogP contribution in [0.2, 0.25) is 0 Å². The lowest BCUT2D eigenvalue weighted by Gasteiger charge is -2.13. The van der Waals surface area contributed by atoms with Gasteiger partial charge in [-0.2, -0.15) is 0 Å². The first-order valence-corrected chi connectivity index (χ1v) is 6.61. The van der Waals surface area contributed by atoms with Crippen molar-refractivity contribution in [3.8, 4) is 0 Å². The van der Waals surface area contributed by atoms with E-state index in [1.54, 1.807) is 6.33 Å². The molecule has 1 fully saturated rings. The van der Waals surface area contributed by atoms with Crippen molar-refractivity contribution in [3.63, 3.8) is 0 Å². The van der Waals surface area contributed by atoms with Gasteiger partial charge in [-0.25, -0.2) is 15.8 Å². The minimum absolute atomic E-state index is 0.470. The Labute approximate surface area is 116 Å². The first kappa shape index (κ1) is 12.8. The fourth-order valence-corrected chi connectivity index (χ4v) is 2.00. The number of hydrogen-bond donors (Lipinski definition) is 3. The third kappa shape index (κ3) is 2.42. The third-order valence-electron chi connectivity index (χ3n) is 3.46. The number of aryl methyl sites for hydroxylation is 1. The largest absolute Gasteiger partial charge is 0.362 e. The van der Waals surface area contributed by atoms with Gasteiger partial charge in [-0.05, 0) is 19.8 Å². The number of hydrogen-bond acceptors (Lipinski definition) is 7. The second-order valence-corrected chi connectivity index (χ2v) is 5.03. The molecule has 0 aromatic carbocycles. The summed E-state index contributed by atoms with van der Waals surface area (Å²) in [5.74, 6) is 9.15. The first-order chi connectivity index (χ1) is 9.69. The Balaban J connectivity index is 1.84. The fraction of sp³-hybridized carbons (Fsp3) is 0.500. The molecule has 0 atom stereocenters. The number of nitrogen functional groups attached to an aromatic ring is 1. The molecule has 0 radical (unpaired) electrons. The Bertz CT molecular complexity index is 616. The summed E-state index contributed by atoms with van der Waals surface area (Å²) in [5.41, 5.74) is 3.54. The highest BCUT2D eigenvalue weighted by molar-refractivity contribution is 5.57. The second-order valence-electron chi connectivity index (χ2n) is 5.03. The van der Waals surface area contributed by atoms with E-state index in [0.717, 1.165) is 35.9 Å². The topological polar surface area (TPSA) is 107 Å². The van der Waals surface area contributed by atoms with E-state index in [1.807, 2.05) is 18.5 Å².